The van der Waals surface area contributed by atoms with Gasteiger partial charge in [0.25, 0.3) is 0 Å². The van der Waals surface area contributed by atoms with Gasteiger partial charge in [0.15, 0.2) is 0 Å². The van der Waals surface area contributed by atoms with E-state index in [1.807, 2.05) is 0 Å². The van der Waals surface area contributed by atoms with Crippen molar-refractivity contribution in [2.75, 3.05) is 13.7 Å². The van der Waals surface area contributed by atoms with Crippen molar-refractivity contribution in [3.63, 3.8) is 0 Å². The van der Waals surface area contributed by atoms with Gasteiger partial charge in [0.05, 0.1) is 12.6 Å². The summed E-state index contributed by atoms with van der Waals surface area (Å²) in [6, 6.07) is 4.69. The number of nitrogens with two attached hydrogens (primary N) is 1. The second-order valence-corrected chi connectivity index (χ2v) is 3.07. The fourth-order valence-corrected chi connectivity index (χ4v) is 1.17. The molecule has 0 spiro atoms. The summed E-state index contributed by atoms with van der Waals surface area (Å²) < 4.78 is 17.8. The molecule has 1 atom stereocenters. The number of ether oxygens (including phenoxy) is 1. The predicted octanol–water partition coefficient (Wildman–Crippen LogP) is 1.78. The Balaban J connectivity index is 2.84. The molecule has 0 aliphatic heterocycles. The van der Waals surface area contributed by atoms with Crippen LogP contribution in [0.25, 0.3) is 0 Å². The summed E-state index contributed by atoms with van der Waals surface area (Å²) in [6.07, 6.45) is 0. The Labute approximate surface area is 77.5 Å². The highest BCUT2D eigenvalue weighted by Crippen LogP contribution is 2.14. The molecule has 0 amide bonds. The molecule has 0 radical (unpaired) electrons. The molecule has 0 aliphatic carbocycles. The minimum absolute atomic E-state index is 0.177. The summed E-state index contributed by atoms with van der Waals surface area (Å²) >= 11 is 0. The molecule has 2 N–H and O–H groups in total. The molecular formula is C10H14FNO. The van der Waals surface area contributed by atoms with Crippen molar-refractivity contribution in [3.05, 3.63) is 35.1 Å². The minimum atomic E-state index is -0.201. The standard InChI is InChI=1S/C10H14FNO/c1-7-5-8(3-4-9(7)11)10(12)6-13-2/h3-5,10H,6,12H2,1-2H3/t10-/m1/s1. The van der Waals surface area contributed by atoms with E-state index < -0.39 is 0 Å². The third kappa shape index (κ3) is 2.50. The van der Waals surface area contributed by atoms with Gasteiger partial charge >= 0.3 is 0 Å². The Kier molecular flexibility index (Phi) is 3.39. The summed E-state index contributed by atoms with van der Waals surface area (Å²) in [7, 11) is 1.59. The number of rotatable bonds is 3. The van der Waals surface area contributed by atoms with Crippen molar-refractivity contribution >= 4 is 0 Å². The maximum absolute atomic E-state index is 12.9. The molecular weight excluding hydrogens is 169 g/mol. The van der Waals surface area contributed by atoms with Gasteiger partial charge in [-0.3, -0.25) is 0 Å². The topological polar surface area (TPSA) is 35.2 Å². The maximum atomic E-state index is 12.9. The van der Waals surface area contributed by atoms with Gasteiger partial charge in [-0.25, -0.2) is 4.39 Å². The van der Waals surface area contributed by atoms with Gasteiger partial charge in [0.2, 0.25) is 0 Å². The van der Waals surface area contributed by atoms with Crippen LogP contribution in [-0.4, -0.2) is 13.7 Å². The van der Waals surface area contributed by atoms with E-state index >= 15 is 0 Å². The lowest BCUT2D eigenvalue weighted by Crippen LogP contribution is -2.16. The average molecular weight is 183 g/mol. The second-order valence-electron chi connectivity index (χ2n) is 3.07. The molecule has 0 saturated carbocycles. The Morgan fingerprint density at radius 1 is 1.54 bits per heavy atom. The van der Waals surface area contributed by atoms with Crippen molar-refractivity contribution < 1.29 is 9.13 Å². The van der Waals surface area contributed by atoms with E-state index in [-0.39, 0.29) is 11.9 Å². The first kappa shape index (κ1) is 10.2. The van der Waals surface area contributed by atoms with Crippen LogP contribution in [0.5, 0.6) is 0 Å². The quantitative estimate of drug-likeness (QED) is 0.775. The minimum Gasteiger partial charge on any atom is -0.383 e. The van der Waals surface area contributed by atoms with E-state index in [1.165, 1.54) is 6.07 Å². The number of hydrogen-bond donors (Lipinski definition) is 1. The molecule has 0 bridgehead atoms. The van der Waals surface area contributed by atoms with Crippen molar-refractivity contribution in [1.82, 2.24) is 0 Å². The third-order valence-corrected chi connectivity index (χ3v) is 1.96. The summed E-state index contributed by atoms with van der Waals surface area (Å²) in [6.45, 7) is 2.17. The van der Waals surface area contributed by atoms with Crippen LogP contribution < -0.4 is 5.73 Å². The molecule has 0 unspecified atom stereocenters. The Morgan fingerprint density at radius 3 is 2.77 bits per heavy atom. The first-order chi connectivity index (χ1) is 6.15. The summed E-state index contributed by atoms with van der Waals surface area (Å²) in [5.74, 6) is -0.201. The van der Waals surface area contributed by atoms with Gasteiger partial charge in [-0.15, -0.1) is 0 Å². The molecule has 1 aromatic rings. The van der Waals surface area contributed by atoms with E-state index in [0.29, 0.717) is 12.2 Å². The smallest absolute Gasteiger partial charge is 0.126 e. The monoisotopic (exact) mass is 183 g/mol. The highest BCUT2D eigenvalue weighted by molar-refractivity contribution is 5.26. The Hall–Kier alpha value is -0.930. The number of benzene rings is 1. The third-order valence-electron chi connectivity index (χ3n) is 1.96. The Bertz CT molecular complexity index is 288. The number of methoxy groups -OCH3 is 1. The maximum Gasteiger partial charge on any atom is 0.126 e. The number of hydrogen-bond acceptors (Lipinski definition) is 2. The molecule has 3 heteroatoms. The lowest BCUT2D eigenvalue weighted by atomic mass is 10.1. The van der Waals surface area contributed by atoms with E-state index in [0.717, 1.165) is 5.56 Å². The van der Waals surface area contributed by atoms with Crippen LogP contribution in [0.15, 0.2) is 18.2 Å². The summed E-state index contributed by atoms with van der Waals surface area (Å²) in [5, 5.41) is 0. The molecule has 0 aromatic heterocycles. The molecule has 72 valence electrons. The largest absolute Gasteiger partial charge is 0.383 e. The van der Waals surface area contributed by atoms with Crippen LogP contribution in [0.4, 0.5) is 4.39 Å². The van der Waals surface area contributed by atoms with E-state index in [4.69, 9.17) is 10.5 Å². The van der Waals surface area contributed by atoms with E-state index in [1.54, 1.807) is 26.2 Å². The number of halogens is 1. The molecule has 1 aromatic carbocycles. The normalized spacial score (nSPS) is 12.9. The molecule has 1 rings (SSSR count). The number of aryl methyl sites for hydroxylation is 1. The van der Waals surface area contributed by atoms with Crippen molar-refractivity contribution in [1.29, 1.82) is 0 Å². The van der Waals surface area contributed by atoms with Crippen molar-refractivity contribution in [3.8, 4) is 0 Å². The van der Waals surface area contributed by atoms with Gasteiger partial charge in [0.1, 0.15) is 5.82 Å². The first-order valence-electron chi connectivity index (χ1n) is 4.15. The van der Waals surface area contributed by atoms with Crippen LogP contribution in [0.3, 0.4) is 0 Å². The van der Waals surface area contributed by atoms with Gasteiger partial charge in [-0.2, -0.15) is 0 Å². The molecule has 0 saturated heterocycles. The van der Waals surface area contributed by atoms with Crippen molar-refractivity contribution in [2.45, 2.75) is 13.0 Å². The highest BCUT2D eigenvalue weighted by atomic mass is 19.1. The van der Waals surface area contributed by atoms with Crippen molar-refractivity contribution in [2.24, 2.45) is 5.73 Å². The molecule has 0 aliphatic rings. The van der Waals surface area contributed by atoms with Crippen LogP contribution in [-0.2, 0) is 4.74 Å². The van der Waals surface area contributed by atoms with Gasteiger partial charge in [-0.1, -0.05) is 12.1 Å². The summed E-state index contributed by atoms with van der Waals surface area (Å²) in [4.78, 5) is 0. The van der Waals surface area contributed by atoms with E-state index in [9.17, 15) is 4.39 Å². The van der Waals surface area contributed by atoms with Gasteiger partial charge < -0.3 is 10.5 Å². The van der Waals surface area contributed by atoms with Gasteiger partial charge in [-0.05, 0) is 24.1 Å². The Morgan fingerprint density at radius 2 is 2.23 bits per heavy atom. The van der Waals surface area contributed by atoms with Crippen LogP contribution >= 0.6 is 0 Å². The highest BCUT2D eigenvalue weighted by Gasteiger charge is 2.06. The lowest BCUT2D eigenvalue weighted by Gasteiger charge is -2.11. The average Bonchev–Trinajstić information content (AvgIpc) is 2.10. The van der Waals surface area contributed by atoms with Crippen LogP contribution in [0, 0.1) is 12.7 Å². The predicted molar refractivity (Wildman–Crippen MR) is 49.9 cm³/mol. The van der Waals surface area contributed by atoms with Crippen LogP contribution in [0.1, 0.15) is 17.2 Å². The molecule has 0 fully saturated rings. The zero-order valence-electron chi connectivity index (χ0n) is 7.88. The van der Waals surface area contributed by atoms with Gasteiger partial charge in [0, 0.05) is 7.11 Å². The fourth-order valence-electron chi connectivity index (χ4n) is 1.17. The lowest BCUT2D eigenvalue weighted by molar-refractivity contribution is 0.181. The fraction of sp³-hybridized carbons (Fsp3) is 0.400. The van der Waals surface area contributed by atoms with E-state index in [2.05, 4.69) is 0 Å². The van der Waals surface area contributed by atoms with Crippen LogP contribution in [0.2, 0.25) is 0 Å². The summed E-state index contributed by atoms with van der Waals surface area (Å²) in [5.41, 5.74) is 7.30. The zero-order chi connectivity index (χ0) is 9.84. The SMILES string of the molecule is COC[C@@H](N)c1ccc(F)c(C)c1. The molecule has 13 heavy (non-hydrogen) atoms. The molecule has 0 heterocycles. The first-order valence-corrected chi connectivity index (χ1v) is 4.15. The zero-order valence-corrected chi connectivity index (χ0v) is 7.88. The molecule has 2 nitrogen and oxygen atoms in total. The second kappa shape index (κ2) is 4.35.